The van der Waals surface area contributed by atoms with Crippen molar-refractivity contribution < 1.29 is 48.2 Å². The lowest BCUT2D eigenvalue weighted by molar-refractivity contribution is -0.0996. The van der Waals surface area contributed by atoms with Gasteiger partial charge in [0.15, 0.2) is 23.3 Å². The Hall–Kier alpha value is -2.92. The summed E-state index contributed by atoms with van der Waals surface area (Å²) in [6.07, 6.45) is -7.26. The fourth-order valence-electron chi connectivity index (χ4n) is 2.44. The summed E-state index contributed by atoms with van der Waals surface area (Å²) < 4.78 is 52.2. The summed E-state index contributed by atoms with van der Waals surface area (Å²) in [7, 11) is 0. The molecule has 0 bridgehead atoms. The van der Waals surface area contributed by atoms with Crippen LogP contribution in [0.1, 0.15) is 11.1 Å². The quantitative estimate of drug-likeness (QED) is 0.296. The SMILES string of the molecule is OC(=Cc1ccc(F)c(F)c1)[C@@H](O)[C@@H](O)[C@H](O)[C@@H](O)C(O)=Cc1ccc(F)c(F)c1. The van der Waals surface area contributed by atoms with Gasteiger partial charge in [-0.15, -0.1) is 0 Å². The summed E-state index contributed by atoms with van der Waals surface area (Å²) in [5.41, 5.74) is -0.150. The summed E-state index contributed by atoms with van der Waals surface area (Å²) >= 11 is 0. The van der Waals surface area contributed by atoms with Crippen LogP contribution in [0.15, 0.2) is 47.9 Å². The van der Waals surface area contributed by atoms with Crippen LogP contribution in [0.3, 0.4) is 0 Å². The molecule has 0 heterocycles. The second-order valence-corrected chi connectivity index (χ2v) is 6.36. The van der Waals surface area contributed by atoms with E-state index in [-0.39, 0.29) is 11.1 Å². The molecule has 0 fully saturated rings. The Bertz CT molecular complexity index is 885. The van der Waals surface area contributed by atoms with Crippen molar-refractivity contribution in [3.05, 3.63) is 82.3 Å². The molecule has 0 saturated carbocycles. The van der Waals surface area contributed by atoms with Crippen molar-refractivity contribution in [1.82, 2.24) is 0 Å². The van der Waals surface area contributed by atoms with E-state index < -0.39 is 59.2 Å². The summed E-state index contributed by atoms with van der Waals surface area (Å²) in [4.78, 5) is 0. The van der Waals surface area contributed by atoms with Gasteiger partial charge in [-0.1, -0.05) is 12.1 Å². The molecular weight excluding hydrogens is 412 g/mol. The second kappa shape index (κ2) is 9.72. The van der Waals surface area contributed by atoms with Crippen molar-refractivity contribution in [2.75, 3.05) is 0 Å². The van der Waals surface area contributed by atoms with Gasteiger partial charge in [-0.05, 0) is 47.5 Å². The summed E-state index contributed by atoms with van der Waals surface area (Å²) in [5.74, 6) is -6.65. The molecular formula is C20H18F4O6. The highest BCUT2D eigenvalue weighted by molar-refractivity contribution is 5.53. The predicted octanol–water partition coefficient (Wildman–Crippen LogP) is 2.18. The molecule has 2 aromatic carbocycles. The number of hydrogen-bond acceptors (Lipinski definition) is 6. The molecule has 0 amide bonds. The van der Waals surface area contributed by atoms with E-state index in [0.717, 1.165) is 36.4 Å². The molecule has 162 valence electrons. The van der Waals surface area contributed by atoms with Crippen LogP contribution in [-0.2, 0) is 0 Å². The van der Waals surface area contributed by atoms with Crippen molar-refractivity contribution in [1.29, 1.82) is 0 Å². The third kappa shape index (κ3) is 5.57. The molecule has 0 aliphatic heterocycles. The average Bonchev–Trinajstić information content (AvgIpc) is 2.71. The molecule has 4 atom stereocenters. The van der Waals surface area contributed by atoms with Crippen LogP contribution < -0.4 is 0 Å². The van der Waals surface area contributed by atoms with Crippen molar-refractivity contribution in [2.45, 2.75) is 24.4 Å². The van der Waals surface area contributed by atoms with Crippen LogP contribution in [0, 0.1) is 23.3 Å². The topological polar surface area (TPSA) is 121 Å². The van der Waals surface area contributed by atoms with Gasteiger partial charge in [0.1, 0.15) is 35.9 Å². The van der Waals surface area contributed by atoms with Crippen LogP contribution in [0.4, 0.5) is 17.6 Å². The van der Waals surface area contributed by atoms with Crippen LogP contribution >= 0.6 is 0 Å². The second-order valence-electron chi connectivity index (χ2n) is 6.36. The molecule has 0 spiro atoms. The smallest absolute Gasteiger partial charge is 0.159 e. The Labute approximate surface area is 167 Å². The number of aliphatic hydroxyl groups excluding tert-OH is 6. The zero-order valence-electron chi connectivity index (χ0n) is 15.1. The number of halogens is 4. The van der Waals surface area contributed by atoms with Crippen molar-refractivity contribution >= 4 is 12.2 Å². The maximum atomic E-state index is 13.2. The molecule has 0 aromatic heterocycles. The number of rotatable bonds is 7. The highest BCUT2D eigenvalue weighted by Gasteiger charge is 2.34. The largest absolute Gasteiger partial charge is 0.509 e. The lowest BCUT2D eigenvalue weighted by Crippen LogP contribution is -2.45. The first kappa shape index (κ1) is 23.4. The van der Waals surface area contributed by atoms with Gasteiger partial charge in [-0.2, -0.15) is 0 Å². The first-order valence-corrected chi connectivity index (χ1v) is 8.44. The van der Waals surface area contributed by atoms with Gasteiger partial charge in [-0.3, -0.25) is 0 Å². The van der Waals surface area contributed by atoms with E-state index in [2.05, 4.69) is 0 Å². The van der Waals surface area contributed by atoms with Crippen LogP contribution in [0.2, 0.25) is 0 Å². The third-order valence-electron chi connectivity index (χ3n) is 4.12. The first-order chi connectivity index (χ1) is 14.0. The Balaban J connectivity index is 2.14. The van der Waals surface area contributed by atoms with Gasteiger partial charge in [0.05, 0.1) is 0 Å². The van der Waals surface area contributed by atoms with Gasteiger partial charge in [-0.25, -0.2) is 17.6 Å². The van der Waals surface area contributed by atoms with Crippen LogP contribution in [0.5, 0.6) is 0 Å². The van der Waals surface area contributed by atoms with E-state index in [0.29, 0.717) is 12.1 Å². The van der Waals surface area contributed by atoms with Crippen molar-refractivity contribution in [2.24, 2.45) is 0 Å². The average molecular weight is 430 g/mol. The van der Waals surface area contributed by atoms with E-state index >= 15 is 0 Å². The predicted molar refractivity (Wildman–Crippen MR) is 98.0 cm³/mol. The third-order valence-corrected chi connectivity index (χ3v) is 4.12. The molecule has 0 aliphatic rings. The van der Waals surface area contributed by atoms with Gasteiger partial charge in [0.25, 0.3) is 0 Å². The molecule has 10 heteroatoms. The van der Waals surface area contributed by atoms with Gasteiger partial charge >= 0.3 is 0 Å². The molecule has 0 aliphatic carbocycles. The molecule has 6 nitrogen and oxygen atoms in total. The molecule has 2 aromatic rings. The van der Waals surface area contributed by atoms with Gasteiger partial charge in [0.2, 0.25) is 0 Å². The molecule has 30 heavy (non-hydrogen) atoms. The summed E-state index contributed by atoms with van der Waals surface area (Å²) in [6.45, 7) is 0. The zero-order valence-corrected chi connectivity index (χ0v) is 15.1. The normalized spacial score (nSPS) is 16.8. The fourth-order valence-corrected chi connectivity index (χ4v) is 2.44. The van der Waals surface area contributed by atoms with Gasteiger partial charge in [0, 0.05) is 0 Å². The monoisotopic (exact) mass is 430 g/mol. The Morgan fingerprint density at radius 1 is 0.600 bits per heavy atom. The van der Waals surface area contributed by atoms with Gasteiger partial charge < -0.3 is 30.6 Å². The fraction of sp³-hybridized carbons (Fsp3) is 0.200. The van der Waals surface area contributed by atoms with Crippen molar-refractivity contribution in [3.8, 4) is 0 Å². The number of hydrogen-bond donors (Lipinski definition) is 6. The molecule has 6 N–H and O–H groups in total. The minimum atomic E-state index is -2.23. The standard InChI is InChI=1S/C20H18F4O6/c21-11-3-1-9(5-13(11)23)7-15(25)17(27)19(29)20(30)18(28)16(26)8-10-2-4-12(22)14(24)6-10/h1-8,17-20,25-30H/t17-,18+,19-,20-/m1/s1. The minimum Gasteiger partial charge on any atom is -0.509 e. The lowest BCUT2D eigenvalue weighted by Gasteiger charge is -2.26. The molecule has 0 saturated heterocycles. The van der Waals surface area contributed by atoms with Crippen molar-refractivity contribution in [3.63, 3.8) is 0 Å². The van der Waals surface area contributed by atoms with Crippen LogP contribution in [-0.4, -0.2) is 55.1 Å². The summed E-state index contributed by atoms with van der Waals surface area (Å²) in [5, 5.41) is 59.5. The zero-order chi connectivity index (χ0) is 22.6. The number of aliphatic hydroxyl groups is 6. The highest BCUT2D eigenvalue weighted by atomic mass is 19.2. The minimum absolute atomic E-state index is 0.0752. The molecule has 2 rings (SSSR count). The highest BCUT2D eigenvalue weighted by Crippen LogP contribution is 2.19. The Kier molecular flexibility index (Phi) is 7.57. The molecule has 0 unspecified atom stereocenters. The lowest BCUT2D eigenvalue weighted by atomic mass is 9.98. The Morgan fingerprint density at radius 2 is 0.933 bits per heavy atom. The summed E-state index contributed by atoms with van der Waals surface area (Å²) in [6, 6.07) is 5.05. The van der Waals surface area contributed by atoms with Crippen LogP contribution in [0.25, 0.3) is 12.2 Å². The maximum Gasteiger partial charge on any atom is 0.159 e. The van der Waals surface area contributed by atoms with E-state index in [4.69, 9.17) is 0 Å². The van der Waals surface area contributed by atoms with E-state index in [1.54, 1.807) is 0 Å². The number of benzene rings is 2. The van der Waals surface area contributed by atoms with E-state index in [1.807, 2.05) is 0 Å². The Morgan fingerprint density at radius 3 is 1.23 bits per heavy atom. The van der Waals surface area contributed by atoms with E-state index in [9.17, 15) is 48.2 Å². The molecule has 0 radical (unpaired) electrons. The first-order valence-electron chi connectivity index (χ1n) is 8.44. The maximum absolute atomic E-state index is 13.2. The van der Waals surface area contributed by atoms with E-state index in [1.165, 1.54) is 0 Å².